The number of amides is 3. The van der Waals surface area contributed by atoms with Gasteiger partial charge < -0.3 is 24.6 Å². The fraction of sp³-hybridized carbons (Fsp3) is 0.444. The van der Waals surface area contributed by atoms with Crippen molar-refractivity contribution in [2.75, 3.05) is 39.2 Å². The molecule has 3 amide bonds. The topological polar surface area (TPSA) is 88.2 Å². The number of likely N-dealkylation sites (N-methyl/N-ethyl adjacent to an activating group) is 1. The van der Waals surface area contributed by atoms with Crippen molar-refractivity contribution in [3.8, 4) is 5.75 Å². The summed E-state index contributed by atoms with van der Waals surface area (Å²) in [5.41, 5.74) is 0.960. The van der Waals surface area contributed by atoms with E-state index >= 15 is 0 Å². The number of nitrogens with zero attached hydrogens (tertiary/aromatic N) is 2. The third kappa shape index (κ3) is 6.40. The van der Waals surface area contributed by atoms with Gasteiger partial charge in [0.1, 0.15) is 18.2 Å². The lowest BCUT2D eigenvalue weighted by atomic mass is 10.0. The standard InChI is InChI=1S/C27H34FN3O5/c1-6-25(32)31-14-17(2)24(35-5)15-30(4)27(34)22-13-21(11-12-23(22)36-16-18(31)3)29-26(33)19-7-9-20(28)10-8-19/h7-13,17-18,24H,6,14-16H2,1-5H3,(H,29,33)/t17-,18+,24-/m1/s1. The van der Waals surface area contributed by atoms with Gasteiger partial charge in [0.15, 0.2) is 0 Å². The first-order chi connectivity index (χ1) is 17.1. The molecular formula is C27H34FN3O5. The minimum Gasteiger partial charge on any atom is -0.491 e. The molecule has 194 valence electrons. The van der Waals surface area contributed by atoms with E-state index < -0.39 is 11.7 Å². The first kappa shape index (κ1) is 27.1. The number of benzene rings is 2. The average molecular weight is 500 g/mol. The van der Waals surface area contributed by atoms with Gasteiger partial charge >= 0.3 is 0 Å². The number of ether oxygens (including phenoxy) is 2. The quantitative estimate of drug-likeness (QED) is 0.691. The molecule has 0 aliphatic carbocycles. The van der Waals surface area contributed by atoms with E-state index in [-0.39, 0.29) is 47.6 Å². The lowest BCUT2D eigenvalue weighted by Crippen LogP contribution is -2.48. The SMILES string of the molecule is CCC(=O)N1C[C@@H](C)[C@H](OC)CN(C)C(=O)c2cc(NC(=O)c3ccc(F)cc3)ccc2OC[C@@H]1C. The number of anilines is 1. The van der Waals surface area contributed by atoms with Gasteiger partial charge in [0, 0.05) is 50.8 Å². The number of halogens is 1. The van der Waals surface area contributed by atoms with Crippen molar-refractivity contribution in [2.45, 2.75) is 39.3 Å². The number of methoxy groups -OCH3 is 1. The van der Waals surface area contributed by atoms with Gasteiger partial charge in [0.2, 0.25) is 5.91 Å². The van der Waals surface area contributed by atoms with Crippen molar-refractivity contribution in [3.63, 3.8) is 0 Å². The Bertz CT molecular complexity index is 1090. The number of nitrogens with one attached hydrogen (secondary N) is 1. The number of rotatable bonds is 4. The van der Waals surface area contributed by atoms with Crippen molar-refractivity contribution < 1.29 is 28.2 Å². The summed E-state index contributed by atoms with van der Waals surface area (Å²) < 4.78 is 24.9. The van der Waals surface area contributed by atoms with Crippen LogP contribution in [0.1, 0.15) is 47.9 Å². The molecule has 0 fully saturated rings. The van der Waals surface area contributed by atoms with Crippen LogP contribution < -0.4 is 10.1 Å². The number of fused-ring (bicyclic) bond motifs is 1. The minimum atomic E-state index is -0.436. The average Bonchev–Trinajstić information content (AvgIpc) is 2.87. The molecule has 0 aromatic heterocycles. The molecule has 0 saturated carbocycles. The highest BCUT2D eigenvalue weighted by Gasteiger charge is 2.30. The lowest BCUT2D eigenvalue weighted by molar-refractivity contribution is -0.135. The van der Waals surface area contributed by atoms with Gasteiger partial charge in [-0.05, 0) is 49.4 Å². The zero-order chi connectivity index (χ0) is 26.4. The summed E-state index contributed by atoms with van der Waals surface area (Å²) in [4.78, 5) is 42.1. The molecule has 0 saturated heterocycles. The van der Waals surface area contributed by atoms with Gasteiger partial charge in [-0.15, -0.1) is 0 Å². The maximum absolute atomic E-state index is 13.4. The lowest BCUT2D eigenvalue weighted by Gasteiger charge is -2.36. The van der Waals surface area contributed by atoms with Crippen LogP contribution in [0.4, 0.5) is 10.1 Å². The van der Waals surface area contributed by atoms with Gasteiger partial charge in [0.25, 0.3) is 11.8 Å². The fourth-order valence-electron chi connectivity index (χ4n) is 4.21. The number of hydrogen-bond donors (Lipinski definition) is 1. The summed E-state index contributed by atoms with van der Waals surface area (Å²) in [6, 6.07) is 9.79. The molecule has 0 unspecified atom stereocenters. The van der Waals surface area contributed by atoms with Crippen LogP contribution in [-0.4, -0.2) is 73.5 Å². The molecule has 3 rings (SSSR count). The van der Waals surface area contributed by atoms with E-state index in [0.29, 0.717) is 30.9 Å². The zero-order valence-corrected chi connectivity index (χ0v) is 21.4. The summed E-state index contributed by atoms with van der Waals surface area (Å²) in [6.45, 7) is 6.73. The summed E-state index contributed by atoms with van der Waals surface area (Å²) in [5.74, 6) is -0.803. The molecule has 0 radical (unpaired) electrons. The van der Waals surface area contributed by atoms with Crippen molar-refractivity contribution in [2.24, 2.45) is 5.92 Å². The monoisotopic (exact) mass is 499 g/mol. The molecule has 1 aliphatic rings. The number of carbonyl (C=O) groups is 3. The van der Waals surface area contributed by atoms with Gasteiger partial charge in [0.05, 0.1) is 17.7 Å². The van der Waals surface area contributed by atoms with Crippen LogP contribution in [0.2, 0.25) is 0 Å². The highest BCUT2D eigenvalue weighted by Crippen LogP contribution is 2.27. The summed E-state index contributed by atoms with van der Waals surface area (Å²) in [5, 5.41) is 2.75. The summed E-state index contributed by atoms with van der Waals surface area (Å²) >= 11 is 0. The van der Waals surface area contributed by atoms with Crippen molar-refractivity contribution >= 4 is 23.4 Å². The van der Waals surface area contributed by atoms with Gasteiger partial charge in [-0.2, -0.15) is 0 Å². The van der Waals surface area contributed by atoms with Crippen LogP contribution in [0.25, 0.3) is 0 Å². The second-order valence-electron chi connectivity index (χ2n) is 9.17. The van der Waals surface area contributed by atoms with Gasteiger partial charge in [-0.25, -0.2) is 4.39 Å². The Balaban J connectivity index is 1.93. The smallest absolute Gasteiger partial charge is 0.257 e. The molecule has 8 nitrogen and oxygen atoms in total. The van der Waals surface area contributed by atoms with Crippen LogP contribution in [0, 0.1) is 11.7 Å². The Morgan fingerprint density at radius 2 is 1.83 bits per heavy atom. The highest BCUT2D eigenvalue weighted by molar-refractivity contribution is 6.05. The molecule has 36 heavy (non-hydrogen) atoms. The second-order valence-corrected chi connectivity index (χ2v) is 9.17. The van der Waals surface area contributed by atoms with Crippen molar-refractivity contribution in [1.82, 2.24) is 9.80 Å². The molecule has 2 aromatic rings. The normalized spacial score (nSPS) is 21.1. The Morgan fingerprint density at radius 1 is 1.14 bits per heavy atom. The Kier molecular flexibility index (Phi) is 9.03. The van der Waals surface area contributed by atoms with E-state index in [1.54, 1.807) is 42.2 Å². The van der Waals surface area contributed by atoms with Gasteiger partial charge in [-0.3, -0.25) is 14.4 Å². The molecule has 1 heterocycles. The molecule has 0 spiro atoms. The van der Waals surface area contributed by atoms with Crippen LogP contribution >= 0.6 is 0 Å². The van der Waals surface area contributed by atoms with Crippen LogP contribution in [-0.2, 0) is 9.53 Å². The van der Waals surface area contributed by atoms with E-state index in [1.807, 2.05) is 20.8 Å². The van der Waals surface area contributed by atoms with Crippen LogP contribution in [0.15, 0.2) is 42.5 Å². The van der Waals surface area contributed by atoms with E-state index in [0.717, 1.165) is 0 Å². The maximum Gasteiger partial charge on any atom is 0.257 e. The second kappa shape index (κ2) is 12.0. The van der Waals surface area contributed by atoms with Crippen LogP contribution in [0.5, 0.6) is 5.75 Å². The maximum atomic E-state index is 13.4. The predicted molar refractivity (Wildman–Crippen MR) is 135 cm³/mol. The molecule has 9 heteroatoms. The predicted octanol–water partition coefficient (Wildman–Crippen LogP) is 3.82. The van der Waals surface area contributed by atoms with Crippen LogP contribution in [0.3, 0.4) is 0 Å². The number of carbonyl (C=O) groups excluding carboxylic acids is 3. The fourth-order valence-corrected chi connectivity index (χ4v) is 4.21. The first-order valence-corrected chi connectivity index (χ1v) is 12.1. The zero-order valence-electron chi connectivity index (χ0n) is 21.4. The summed E-state index contributed by atoms with van der Waals surface area (Å²) in [7, 11) is 3.28. The third-order valence-electron chi connectivity index (χ3n) is 6.43. The van der Waals surface area contributed by atoms with E-state index in [1.165, 1.54) is 24.3 Å². The number of hydrogen-bond acceptors (Lipinski definition) is 5. The highest BCUT2D eigenvalue weighted by atomic mass is 19.1. The molecule has 3 atom stereocenters. The van der Waals surface area contributed by atoms with Crippen molar-refractivity contribution in [1.29, 1.82) is 0 Å². The minimum absolute atomic E-state index is 0.0216. The van der Waals surface area contributed by atoms with Gasteiger partial charge in [-0.1, -0.05) is 13.8 Å². The van der Waals surface area contributed by atoms with E-state index in [4.69, 9.17) is 9.47 Å². The molecule has 1 N–H and O–H groups in total. The Hall–Kier alpha value is -3.46. The van der Waals surface area contributed by atoms with E-state index in [2.05, 4.69) is 5.32 Å². The molecule has 0 bridgehead atoms. The first-order valence-electron chi connectivity index (χ1n) is 12.1. The molecule has 1 aliphatic heterocycles. The summed E-state index contributed by atoms with van der Waals surface area (Å²) in [6.07, 6.45) is 0.0873. The van der Waals surface area contributed by atoms with Crippen molar-refractivity contribution in [3.05, 3.63) is 59.4 Å². The largest absolute Gasteiger partial charge is 0.491 e. The Labute approximate surface area is 211 Å². The molecule has 2 aromatic carbocycles. The molecular weight excluding hydrogens is 465 g/mol. The third-order valence-corrected chi connectivity index (χ3v) is 6.43. The Morgan fingerprint density at radius 3 is 2.47 bits per heavy atom. The van der Waals surface area contributed by atoms with E-state index in [9.17, 15) is 18.8 Å².